The van der Waals surface area contributed by atoms with Crippen LogP contribution in [0.5, 0.6) is 0 Å². The maximum atomic E-state index is 13.6. The maximum Gasteiger partial charge on any atom is 0.261 e. The van der Waals surface area contributed by atoms with Crippen LogP contribution in [0.3, 0.4) is 0 Å². The molecule has 0 spiro atoms. The summed E-state index contributed by atoms with van der Waals surface area (Å²) in [7, 11) is -0.0211. The molecular weight excluding hydrogens is 329 g/mol. The molecule has 1 rings (SSSR count). The lowest BCUT2D eigenvalue weighted by atomic mass is 10.1. The van der Waals surface area contributed by atoms with Gasteiger partial charge in [-0.3, -0.25) is 9.00 Å². The first-order valence-corrected chi connectivity index (χ1v) is 9.49. The van der Waals surface area contributed by atoms with E-state index in [1.165, 1.54) is 13.2 Å². The molecule has 112 valence electrons. The Morgan fingerprint density at radius 1 is 1.45 bits per heavy atom. The quantitative estimate of drug-likeness (QED) is 0.815. The van der Waals surface area contributed by atoms with E-state index in [0.717, 1.165) is 12.1 Å². The zero-order valence-corrected chi connectivity index (χ0v) is 13.2. The zero-order chi connectivity index (χ0) is 15.5. The van der Waals surface area contributed by atoms with Crippen LogP contribution in [-0.2, 0) is 19.9 Å². The van der Waals surface area contributed by atoms with Crippen LogP contribution in [0, 0.1) is 12.7 Å². The van der Waals surface area contributed by atoms with Gasteiger partial charge >= 0.3 is 0 Å². The Balaban J connectivity index is 3.05. The molecule has 0 heterocycles. The summed E-state index contributed by atoms with van der Waals surface area (Å²) in [5.41, 5.74) is -0.305. The van der Waals surface area contributed by atoms with Crippen molar-refractivity contribution in [2.24, 2.45) is 0 Å². The summed E-state index contributed by atoms with van der Waals surface area (Å²) in [6.07, 6.45) is 1.48. The molecule has 1 aromatic carbocycles. The van der Waals surface area contributed by atoms with Gasteiger partial charge in [0.15, 0.2) is 0 Å². The highest BCUT2D eigenvalue weighted by atomic mass is 35.7. The Morgan fingerprint density at radius 2 is 2.05 bits per heavy atom. The van der Waals surface area contributed by atoms with Gasteiger partial charge in [-0.25, -0.2) is 12.8 Å². The van der Waals surface area contributed by atoms with Crippen LogP contribution in [-0.4, -0.2) is 37.1 Å². The van der Waals surface area contributed by atoms with Crippen molar-refractivity contribution in [3.8, 4) is 0 Å². The highest BCUT2D eigenvalue weighted by molar-refractivity contribution is 8.13. The smallest absolute Gasteiger partial charge is 0.261 e. The monoisotopic (exact) mass is 341 g/mol. The van der Waals surface area contributed by atoms with Crippen LogP contribution in [0.4, 0.5) is 4.39 Å². The lowest BCUT2D eigenvalue weighted by molar-refractivity contribution is 0.0955. The number of hydrogen-bond acceptors (Lipinski definition) is 4. The number of nitrogens with one attached hydrogen (secondary N) is 1. The van der Waals surface area contributed by atoms with E-state index in [0.29, 0.717) is 0 Å². The molecule has 0 fully saturated rings. The number of carbonyl (C=O) groups excluding carboxylic acids is 1. The van der Waals surface area contributed by atoms with E-state index < -0.39 is 36.5 Å². The molecule has 5 nitrogen and oxygen atoms in total. The Kier molecular flexibility index (Phi) is 5.67. The minimum atomic E-state index is -4.14. The van der Waals surface area contributed by atoms with Gasteiger partial charge in [-0.05, 0) is 19.1 Å². The summed E-state index contributed by atoms with van der Waals surface area (Å²) in [5, 5.41) is 2.42. The third kappa shape index (κ3) is 4.53. The number of hydrogen-bond donors (Lipinski definition) is 1. The van der Waals surface area contributed by atoms with E-state index in [2.05, 4.69) is 5.32 Å². The Labute approximate surface area is 123 Å². The van der Waals surface area contributed by atoms with Gasteiger partial charge in [0, 0.05) is 51.2 Å². The van der Waals surface area contributed by atoms with Crippen molar-refractivity contribution >= 4 is 36.4 Å². The molecule has 0 aliphatic heterocycles. The number of carbonyl (C=O) groups is 1. The minimum absolute atomic E-state index is 0.139. The number of halogens is 2. The van der Waals surface area contributed by atoms with Gasteiger partial charge in [0.2, 0.25) is 0 Å². The van der Waals surface area contributed by atoms with Crippen molar-refractivity contribution in [2.75, 3.05) is 18.6 Å². The third-order valence-electron chi connectivity index (χ3n) is 2.50. The molecule has 0 aliphatic rings. The number of amides is 1. The van der Waals surface area contributed by atoms with Gasteiger partial charge in [-0.2, -0.15) is 0 Å². The molecule has 9 heteroatoms. The van der Waals surface area contributed by atoms with Crippen molar-refractivity contribution in [2.45, 2.75) is 11.8 Å². The maximum absolute atomic E-state index is 13.6. The molecule has 1 unspecified atom stereocenters. The van der Waals surface area contributed by atoms with Gasteiger partial charge in [0.25, 0.3) is 15.0 Å². The van der Waals surface area contributed by atoms with Gasteiger partial charge in [0.05, 0.1) is 4.90 Å². The standard InChI is InChI=1S/C11H13ClFNO4S2/c1-7-9(13)5-8(6-10(7)20(12,17)18)11(15)14-3-4-19(2)16/h5-6H,3-4H2,1-2H3,(H,14,15). The second-order valence-electron chi connectivity index (χ2n) is 4.05. The molecule has 0 aromatic heterocycles. The Morgan fingerprint density at radius 3 is 2.55 bits per heavy atom. The van der Waals surface area contributed by atoms with E-state index in [9.17, 15) is 21.8 Å². The molecule has 1 amide bonds. The fraction of sp³-hybridized carbons (Fsp3) is 0.364. The van der Waals surface area contributed by atoms with Crippen LogP contribution in [0.1, 0.15) is 15.9 Å². The molecular formula is C11H13ClFNO4S2. The van der Waals surface area contributed by atoms with Crippen LogP contribution in [0.25, 0.3) is 0 Å². The average Bonchev–Trinajstić information content (AvgIpc) is 2.30. The molecule has 0 bridgehead atoms. The Hall–Kier alpha value is -0.990. The van der Waals surface area contributed by atoms with E-state index >= 15 is 0 Å². The summed E-state index contributed by atoms with van der Waals surface area (Å²) in [4.78, 5) is 11.3. The molecule has 20 heavy (non-hydrogen) atoms. The first-order valence-electron chi connectivity index (χ1n) is 5.46. The second-order valence-corrected chi connectivity index (χ2v) is 8.14. The lowest BCUT2D eigenvalue weighted by Gasteiger charge is -2.08. The molecule has 0 radical (unpaired) electrons. The molecule has 1 aromatic rings. The summed E-state index contributed by atoms with van der Waals surface area (Å²) < 4.78 is 47.1. The normalized spacial score (nSPS) is 13.0. The van der Waals surface area contributed by atoms with E-state index in [4.69, 9.17) is 10.7 Å². The van der Waals surface area contributed by atoms with Crippen LogP contribution < -0.4 is 5.32 Å². The van der Waals surface area contributed by atoms with Crippen LogP contribution >= 0.6 is 10.7 Å². The Bertz CT molecular complexity index is 661. The lowest BCUT2D eigenvalue weighted by Crippen LogP contribution is -2.27. The van der Waals surface area contributed by atoms with Crippen molar-refractivity contribution in [3.05, 3.63) is 29.1 Å². The summed E-state index contributed by atoms with van der Waals surface area (Å²) in [6, 6.07) is 1.94. The van der Waals surface area contributed by atoms with E-state index in [-0.39, 0.29) is 23.4 Å². The van der Waals surface area contributed by atoms with Crippen molar-refractivity contribution in [1.29, 1.82) is 0 Å². The molecule has 1 atom stereocenters. The van der Waals surface area contributed by atoms with Gasteiger partial charge in [-0.15, -0.1) is 0 Å². The van der Waals surface area contributed by atoms with Gasteiger partial charge in [0.1, 0.15) is 5.82 Å². The SMILES string of the molecule is Cc1c(F)cc(C(=O)NCCS(C)=O)cc1S(=O)(=O)Cl. The second kappa shape index (κ2) is 6.64. The van der Waals surface area contributed by atoms with E-state index in [1.807, 2.05) is 0 Å². The molecule has 0 aliphatic carbocycles. The third-order valence-corrected chi connectivity index (χ3v) is 4.72. The van der Waals surface area contributed by atoms with E-state index in [1.54, 1.807) is 0 Å². The predicted molar refractivity (Wildman–Crippen MR) is 75.4 cm³/mol. The number of benzene rings is 1. The fourth-order valence-corrected chi connectivity index (χ4v) is 3.05. The summed E-state index contributed by atoms with van der Waals surface area (Å²) >= 11 is 0. The average molecular weight is 342 g/mol. The first kappa shape index (κ1) is 17.1. The summed E-state index contributed by atoms with van der Waals surface area (Å²) in [6.45, 7) is 1.40. The number of rotatable bonds is 5. The predicted octanol–water partition coefficient (Wildman–Crippen LogP) is 1.17. The van der Waals surface area contributed by atoms with Crippen molar-refractivity contribution < 1.29 is 21.8 Å². The van der Waals surface area contributed by atoms with Crippen LogP contribution in [0.2, 0.25) is 0 Å². The minimum Gasteiger partial charge on any atom is -0.351 e. The van der Waals surface area contributed by atoms with Crippen molar-refractivity contribution in [1.82, 2.24) is 5.32 Å². The topological polar surface area (TPSA) is 80.3 Å². The van der Waals surface area contributed by atoms with Gasteiger partial charge < -0.3 is 5.32 Å². The highest BCUT2D eigenvalue weighted by Gasteiger charge is 2.20. The largest absolute Gasteiger partial charge is 0.351 e. The first-order chi connectivity index (χ1) is 9.12. The fourth-order valence-electron chi connectivity index (χ4n) is 1.45. The highest BCUT2D eigenvalue weighted by Crippen LogP contribution is 2.23. The van der Waals surface area contributed by atoms with Gasteiger partial charge in [-0.1, -0.05) is 0 Å². The van der Waals surface area contributed by atoms with Crippen molar-refractivity contribution in [3.63, 3.8) is 0 Å². The summed E-state index contributed by atoms with van der Waals surface area (Å²) in [5.74, 6) is -1.24. The molecule has 1 N–H and O–H groups in total. The van der Waals surface area contributed by atoms with Crippen LogP contribution in [0.15, 0.2) is 17.0 Å². The zero-order valence-electron chi connectivity index (χ0n) is 10.8. The molecule has 0 saturated carbocycles. The molecule has 0 saturated heterocycles.